The SMILES string of the molecule is CC(C)(CN)Nc1ccccc1C#N. The maximum Gasteiger partial charge on any atom is 0.101 e. The number of hydrogen-bond acceptors (Lipinski definition) is 3. The molecule has 0 fully saturated rings. The molecule has 3 nitrogen and oxygen atoms in total. The van der Waals surface area contributed by atoms with E-state index in [0.717, 1.165) is 5.69 Å². The molecule has 0 unspecified atom stereocenters. The Morgan fingerprint density at radius 2 is 2.07 bits per heavy atom. The summed E-state index contributed by atoms with van der Waals surface area (Å²) in [4.78, 5) is 0. The third-order valence-electron chi connectivity index (χ3n) is 2.03. The molecule has 0 aromatic heterocycles. The number of anilines is 1. The Balaban J connectivity index is 2.92. The van der Waals surface area contributed by atoms with Crippen LogP contribution in [-0.4, -0.2) is 12.1 Å². The third-order valence-corrected chi connectivity index (χ3v) is 2.03. The van der Waals surface area contributed by atoms with E-state index in [0.29, 0.717) is 12.1 Å². The Kier molecular flexibility index (Phi) is 3.10. The first-order valence-corrected chi connectivity index (χ1v) is 4.56. The number of nitrogens with one attached hydrogen (secondary N) is 1. The number of hydrogen-bond donors (Lipinski definition) is 2. The second-order valence-electron chi connectivity index (χ2n) is 3.87. The monoisotopic (exact) mass is 189 g/mol. The molecular formula is C11H15N3. The van der Waals surface area contributed by atoms with Crippen LogP contribution in [0.4, 0.5) is 5.69 Å². The van der Waals surface area contributed by atoms with Gasteiger partial charge in [0.2, 0.25) is 0 Å². The summed E-state index contributed by atoms with van der Waals surface area (Å²) in [6, 6.07) is 9.56. The van der Waals surface area contributed by atoms with Gasteiger partial charge in [-0.05, 0) is 26.0 Å². The first kappa shape index (κ1) is 10.6. The quantitative estimate of drug-likeness (QED) is 0.760. The third kappa shape index (κ3) is 2.48. The van der Waals surface area contributed by atoms with Crippen molar-refractivity contribution in [2.75, 3.05) is 11.9 Å². The van der Waals surface area contributed by atoms with Crippen molar-refractivity contribution in [2.45, 2.75) is 19.4 Å². The maximum absolute atomic E-state index is 8.87. The first-order chi connectivity index (χ1) is 6.59. The predicted molar refractivity (Wildman–Crippen MR) is 57.9 cm³/mol. The van der Waals surface area contributed by atoms with Gasteiger partial charge in [-0.15, -0.1) is 0 Å². The van der Waals surface area contributed by atoms with E-state index in [1.165, 1.54) is 0 Å². The van der Waals surface area contributed by atoms with E-state index in [9.17, 15) is 0 Å². The van der Waals surface area contributed by atoms with Crippen molar-refractivity contribution in [3.63, 3.8) is 0 Å². The summed E-state index contributed by atoms with van der Waals surface area (Å²) in [5.41, 5.74) is 6.90. The summed E-state index contributed by atoms with van der Waals surface area (Å²) in [5.74, 6) is 0. The molecule has 0 aliphatic heterocycles. The maximum atomic E-state index is 8.87. The molecule has 0 saturated heterocycles. The van der Waals surface area contributed by atoms with Crippen LogP contribution >= 0.6 is 0 Å². The van der Waals surface area contributed by atoms with Crippen LogP contribution < -0.4 is 11.1 Å². The highest BCUT2D eigenvalue weighted by Gasteiger charge is 2.15. The summed E-state index contributed by atoms with van der Waals surface area (Å²) >= 11 is 0. The van der Waals surface area contributed by atoms with E-state index in [4.69, 9.17) is 11.0 Å². The van der Waals surface area contributed by atoms with Crippen molar-refractivity contribution >= 4 is 5.69 Å². The van der Waals surface area contributed by atoms with Gasteiger partial charge in [-0.2, -0.15) is 5.26 Å². The van der Waals surface area contributed by atoms with Gasteiger partial charge in [0.15, 0.2) is 0 Å². The van der Waals surface area contributed by atoms with Crippen molar-refractivity contribution in [3.05, 3.63) is 29.8 Å². The minimum absolute atomic E-state index is 0.188. The van der Waals surface area contributed by atoms with Crippen LogP contribution in [0.1, 0.15) is 19.4 Å². The second kappa shape index (κ2) is 4.12. The van der Waals surface area contributed by atoms with Crippen molar-refractivity contribution in [1.29, 1.82) is 5.26 Å². The second-order valence-corrected chi connectivity index (χ2v) is 3.87. The van der Waals surface area contributed by atoms with Gasteiger partial charge in [-0.3, -0.25) is 0 Å². The summed E-state index contributed by atoms with van der Waals surface area (Å²) in [5, 5.41) is 12.1. The fourth-order valence-corrected chi connectivity index (χ4v) is 1.11. The molecule has 3 heteroatoms. The normalized spacial score (nSPS) is 10.7. The lowest BCUT2D eigenvalue weighted by molar-refractivity contribution is 0.580. The molecular weight excluding hydrogens is 174 g/mol. The highest BCUT2D eigenvalue weighted by Crippen LogP contribution is 2.18. The number of para-hydroxylation sites is 1. The van der Waals surface area contributed by atoms with Gasteiger partial charge in [0, 0.05) is 12.1 Å². The Morgan fingerprint density at radius 1 is 1.43 bits per heavy atom. The van der Waals surface area contributed by atoms with Crippen molar-refractivity contribution in [2.24, 2.45) is 5.73 Å². The molecule has 1 rings (SSSR count). The molecule has 0 spiro atoms. The van der Waals surface area contributed by atoms with Crippen LogP contribution in [0.5, 0.6) is 0 Å². The summed E-state index contributed by atoms with van der Waals surface area (Å²) < 4.78 is 0. The first-order valence-electron chi connectivity index (χ1n) is 4.56. The number of nitrogens with zero attached hydrogens (tertiary/aromatic N) is 1. The molecule has 0 aliphatic rings. The van der Waals surface area contributed by atoms with Crippen LogP contribution in [0.25, 0.3) is 0 Å². The van der Waals surface area contributed by atoms with Gasteiger partial charge in [-0.25, -0.2) is 0 Å². The van der Waals surface area contributed by atoms with Crippen LogP contribution in [0.2, 0.25) is 0 Å². The van der Waals surface area contributed by atoms with E-state index in [1.807, 2.05) is 32.0 Å². The fourth-order valence-electron chi connectivity index (χ4n) is 1.11. The number of rotatable bonds is 3. The average molecular weight is 189 g/mol. The average Bonchev–Trinajstić information content (AvgIpc) is 2.18. The van der Waals surface area contributed by atoms with Gasteiger partial charge in [0.25, 0.3) is 0 Å². The molecule has 3 N–H and O–H groups in total. The smallest absolute Gasteiger partial charge is 0.101 e. The molecule has 0 atom stereocenters. The molecule has 74 valence electrons. The van der Waals surface area contributed by atoms with Gasteiger partial charge >= 0.3 is 0 Å². The molecule has 0 aliphatic carbocycles. The predicted octanol–water partition coefficient (Wildman–Crippen LogP) is 1.71. The van der Waals surface area contributed by atoms with Crippen LogP contribution in [0.3, 0.4) is 0 Å². The van der Waals surface area contributed by atoms with Crippen molar-refractivity contribution < 1.29 is 0 Å². The van der Waals surface area contributed by atoms with Crippen LogP contribution in [-0.2, 0) is 0 Å². The van der Waals surface area contributed by atoms with E-state index < -0.39 is 0 Å². The lowest BCUT2D eigenvalue weighted by Gasteiger charge is -2.26. The van der Waals surface area contributed by atoms with Gasteiger partial charge < -0.3 is 11.1 Å². The highest BCUT2D eigenvalue weighted by atomic mass is 15.0. The topological polar surface area (TPSA) is 61.8 Å². The lowest BCUT2D eigenvalue weighted by Crippen LogP contribution is -2.39. The molecule has 0 amide bonds. The van der Waals surface area contributed by atoms with Crippen molar-refractivity contribution in [1.82, 2.24) is 0 Å². The van der Waals surface area contributed by atoms with Gasteiger partial charge in [0.1, 0.15) is 6.07 Å². The molecule has 0 bridgehead atoms. The zero-order valence-corrected chi connectivity index (χ0v) is 8.54. The summed E-state index contributed by atoms with van der Waals surface area (Å²) in [7, 11) is 0. The van der Waals surface area contributed by atoms with Gasteiger partial charge in [-0.1, -0.05) is 12.1 Å². The van der Waals surface area contributed by atoms with Crippen LogP contribution in [0, 0.1) is 11.3 Å². The largest absolute Gasteiger partial charge is 0.378 e. The highest BCUT2D eigenvalue weighted by molar-refractivity contribution is 5.58. The molecule has 0 heterocycles. The fraction of sp³-hybridized carbons (Fsp3) is 0.364. The molecule has 1 aromatic rings. The summed E-state index contributed by atoms with van der Waals surface area (Å²) in [6.07, 6.45) is 0. The Hall–Kier alpha value is -1.53. The molecule has 14 heavy (non-hydrogen) atoms. The zero-order chi connectivity index (χ0) is 10.6. The standard InChI is InChI=1S/C11H15N3/c1-11(2,8-13)14-10-6-4-3-5-9(10)7-12/h3-6,14H,8,13H2,1-2H3. The number of nitriles is 1. The molecule has 0 radical (unpaired) electrons. The van der Waals surface area contributed by atoms with Crippen LogP contribution in [0.15, 0.2) is 24.3 Å². The molecule has 0 saturated carbocycles. The van der Waals surface area contributed by atoms with Crippen molar-refractivity contribution in [3.8, 4) is 6.07 Å². The number of nitrogens with two attached hydrogens (primary N) is 1. The lowest BCUT2D eigenvalue weighted by atomic mass is 10.0. The van der Waals surface area contributed by atoms with Gasteiger partial charge in [0.05, 0.1) is 11.3 Å². The van der Waals surface area contributed by atoms with E-state index in [-0.39, 0.29) is 5.54 Å². The van der Waals surface area contributed by atoms with E-state index in [2.05, 4.69) is 11.4 Å². The molecule has 1 aromatic carbocycles. The number of benzene rings is 1. The van der Waals surface area contributed by atoms with E-state index in [1.54, 1.807) is 6.07 Å². The van der Waals surface area contributed by atoms with E-state index >= 15 is 0 Å². The summed E-state index contributed by atoms with van der Waals surface area (Å²) in [6.45, 7) is 4.52. The Morgan fingerprint density at radius 3 is 2.64 bits per heavy atom. The Bertz CT molecular complexity index is 350. The minimum Gasteiger partial charge on any atom is -0.378 e. The Labute approximate surface area is 84.5 Å². The zero-order valence-electron chi connectivity index (χ0n) is 8.54. The minimum atomic E-state index is -0.188.